The van der Waals surface area contributed by atoms with Crippen LogP contribution in [0.15, 0.2) is 12.7 Å². The zero-order valence-electron chi connectivity index (χ0n) is 14.6. The maximum Gasteiger partial charge on any atom is 0.488 e. The van der Waals surface area contributed by atoms with E-state index < -0.39 is 35.7 Å². The smallest absolute Gasteiger partial charge is 0.382 e. The van der Waals surface area contributed by atoms with Gasteiger partial charge < -0.3 is 34.6 Å². The Bertz CT molecular complexity index is 965. The number of fused-ring (bicyclic) bond motifs is 1. The number of ether oxygens (including phenoxy) is 1. The monoisotopic (exact) mass is 470 g/mol. The van der Waals surface area contributed by atoms with Gasteiger partial charge in [0, 0.05) is 29.6 Å². The summed E-state index contributed by atoms with van der Waals surface area (Å²) < 4.78 is 47.6. The van der Waals surface area contributed by atoms with Crippen molar-refractivity contribution in [2.75, 3.05) is 12.1 Å². The van der Waals surface area contributed by atoms with Gasteiger partial charge in [-0.2, -0.15) is 4.31 Å². The van der Waals surface area contributed by atoms with Crippen LogP contribution in [-0.2, 0) is 33.6 Å². The first-order chi connectivity index (χ1) is 12.3. The van der Waals surface area contributed by atoms with Crippen molar-refractivity contribution in [3.05, 3.63) is 12.7 Å². The SMILES string of the molecule is C[C@H](Cn1cnc2c(N)ncnc21)OCP(=O)(O)OP(=O)(O)OP(=O)(O)O.[Na]. The van der Waals surface area contributed by atoms with Crippen LogP contribution in [0.4, 0.5) is 5.82 Å². The summed E-state index contributed by atoms with van der Waals surface area (Å²) >= 11 is 0. The van der Waals surface area contributed by atoms with Crippen molar-refractivity contribution in [2.45, 2.75) is 19.6 Å². The van der Waals surface area contributed by atoms with Gasteiger partial charge in [0.15, 0.2) is 11.5 Å². The first-order valence-corrected chi connectivity index (χ1v) is 11.7. The van der Waals surface area contributed by atoms with Crippen LogP contribution in [0.2, 0.25) is 0 Å². The Labute approximate surface area is 179 Å². The molecule has 15 nitrogen and oxygen atoms in total. The van der Waals surface area contributed by atoms with Gasteiger partial charge in [-0.15, -0.1) is 0 Å². The van der Waals surface area contributed by atoms with Gasteiger partial charge in [0.2, 0.25) is 0 Å². The van der Waals surface area contributed by atoms with Crippen LogP contribution in [0.5, 0.6) is 0 Å². The van der Waals surface area contributed by atoms with Gasteiger partial charge in [0.1, 0.15) is 18.2 Å². The normalized spacial score (nSPS) is 17.5. The molecule has 0 bridgehead atoms. The number of nitrogen functional groups attached to an aromatic ring is 1. The van der Waals surface area contributed by atoms with Crippen LogP contribution in [-0.4, -0.2) is 81.1 Å². The molecule has 0 saturated carbocycles. The molecule has 0 fully saturated rings. The van der Waals surface area contributed by atoms with Crippen LogP contribution in [0.25, 0.3) is 11.2 Å². The Kier molecular flexibility index (Phi) is 8.95. The van der Waals surface area contributed by atoms with E-state index in [4.69, 9.17) is 25.2 Å². The summed E-state index contributed by atoms with van der Waals surface area (Å²) in [5.41, 5.74) is 6.41. The minimum absolute atomic E-state index is 0. The molecule has 0 saturated heterocycles. The largest absolute Gasteiger partial charge is 0.488 e. The quantitative estimate of drug-likeness (QED) is 0.236. The number of rotatable bonds is 9. The van der Waals surface area contributed by atoms with Crippen molar-refractivity contribution in [2.24, 2.45) is 0 Å². The van der Waals surface area contributed by atoms with E-state index >= 15 is 0 Å². The van der Waals surface area contributed by atoms with E-state index in [1.54, 1.807) is 0 Å². The molecule has 6 N–H and O–H groups in total. The van der Waals surface area contributed by atoms with Gasteiger partial charge in [-0.05, 0) is 6.92 Å². The van der Waals surface area contributed by atoms with Crippen LogP contribution in [0.3, 0.4) is 0 Å². The molecule has 1 radical (unpaired) electrons. The summed E-state index contributed by atoms with van der Waals surface area (Å²) in [4.78, 5) is 47.4. The molecule has 2 rings (SSSR count). The van der Waals surface area contributed by atoms with Gasteiger partial charge >= 0.3 is 23.2 Å². The van der Waals surface area contributed by atoms with E-state index in [2.05, 4.69) is 23.6 Å². The third-order valence-corrected chi connectivity index (χ3v) is 6.84. The van der Waals surface area contributed by atoms with Crippen molar-refractivity contribution >= 4 is 69.8 Å². The zero-order chi connectivity index (χ0) is 20.5. The van der Waals surface area contributed by atoms with Crippen molar-refractivity contribution in [3.63, 3.8) is 0 Å². The van der Waals surface area contributed by atoms with Crippen molar-refractivity contribution in [1.82, 2.24) is 19.5 Å². The van der Waals surface area contributed by atoms with E-state index in [9.17, 15) is 18.6 Å². The van der Waals surface area contributed by atoms with Crippen LogP contribution < -0.4 is 5.73 Å². The fourth-order valence-electron chi connectivity index (χ4n) is 1.92. The first kappa shape index (κ1) is 25.8. The second-order valence-electron chi connectivity index (χ2n) is 5.19. The van der Waals surface area contributed by atoms with E-state index in [1.807, 2.05) is 0 Å². The Balaban J connectivity index is 0.00000392. The van der Waals surface area contributed by atoms with E-state index in [0.717, 1.165) is 0 Å². The number of aromatic nitrogens is 4. The zero-order valence-corrected chi connectivity index (χ0v) is 19.3. The number of phosphoric acid groups is 2. The Morgan fingerprint density at radius 2 is 1.79 bits per heavy atom. The second kappa shape index (κ2) is 9.71. The van der Waals surface area contributed by atoms with Crippen LogP contribution in [0.1, 0.15) is 6.92 Å². The average molecular weight is 470 g/mol. The molecule has 0 aromatic carbocycles. The molecule has 19 heteroatoms. The summed E-state index contributed by atoms with van der Waals surface area (Å²) in [7, 11) is -15.8. The van der Waals surface area contributed by atoms with E-state index in [0.29, 0.717) is 11.2 Å². The summed E-state index contributed by atoms with van der Waals surface area (Å²) in [6, 6.07) is 0. The molecule has 2 aromatic rings. The third-order valence-electron chi connectivity index (χ3n) is 2.85. The predicted octanol–water partition coefficient (Wildman–Crippen LogP) is -0.198. The predicted molar refractivity (Wildman–Crippen MR) is 94.8 cm³/mol. The maximum atomic E-state index is 11.8. The van der Waals surface area contributed by atoms with Crippen molar-refractivity contribution < 1.29 is 46.6 Å². The molecule has 0 aliphatic rings. The molecular formula is C9H16N5NaO10P3. The molecule has 2 heterocycles. The number of nitrogens with two attached hydrogens (primary N) is 1. The molecule has 0 amide bonds. The topological polar surface area (TPSA) is 229 Å². The van der Waals surface area contributed by atoms with Gasteiger partial charge in [-0.1, -0.05) is 0 Å². The van der Waals surface area contributed by atoms with Crippen LogP contribution >= 0.6 is 23.2 Å². The van der Waals surface area contributed by atoms with Gasteiger partial charge in [-0.25, -0.2) is 28.4 Å². The fraction of sp³-hybridized carbons (Fsp3) is 0.444. The Hall–Kier alpha value is -0.240. The van der Waals surface area contributed by atoms with Gasteiger partial charge in [0.05, 0.1) is 19.0 Å². The average Bonchev–Trinajstić information content (AvgIpc) is 2.86. The molecule has 153 valence electrons. The summed E-state index contributed by atoms with van der Waals surface area (Å²) in [5.74, 6) is 0.171. The number of nitrogens with zero attached hydrogens (tertiary/aromatic N) is 4. The molecule has 0 spiro atoms. The minimum atomic E-state index is -5.49. The molecular weight excluding hydrogens is 454 g/mol. The number of hydrogen-bond donors (Lipinski definition) is 5. The Morgan fingerprint density at radius 1 is 1.14 bits per heavy atom. The van der Waals surface area contributed by atoms with Crippen molar-refractivity contribution in [3.8, 4) is 0 Å². The molecule has 0 aliphatic carbocycles. The van der Waals surface area contributed by atoms with Gasteiger partial charge in [-0.3, -0.25) is 4.57 Å². The second-order valence-corrected chi connectivity index (χ2v) is 9.95. The summed E-state index contributed by atoms with van der Waals surface area (Å²) in [6.45, 7) is 1.63. The number of hydrogen-bond acceptors (Lipinski definition) is 10. The first-order valence-electron chi connectivity index (χ1n) is 6.94. The molecule has 2 aromatic heterocycles. The molecule has 3 atom stereocenters. The molecule has 28 heavy (non-hydrogen) atoms. The number of imidazole rings is 1. The summed E-state index contributed by atoms with van der Waals surface area (Å²) in [6.07, 6.45) is 0.869. The maximum absolute atomic E-state index is 11.8. The standard InChI is InChI=1S/C9H16N5O10P3.Na/c1-6(2-14-4-13-7-8(10)11-3-12-9(7)14)22-5-25(15,16)23-27(20,21)24-26(17,18)19;/h3-4,6H,2,5H2,1H3,(H,15,16)(H,20,21)(H2,10,11,12)(H2,17,18,19);/t6-;/m1./s1. The molecule has 2 unspecified atom stereocenters. The Morgan fingerprint density at radius 3 is 2.39 bits per heavy atom. The van der Waals surface area contributed by atoms with E-state index in [-0.39, 0.29) is 41.9 Å². The van der Waals surface area contributed by atoms with Crippen LogP contribution in [0, 0.1) is 0 Å². The minimum Gasteiger partial charge on any atom is -0.382 e. The van der Waals surface area contributed by atoms with Gasteiger partial charge in [0.25, 0.3) is 0 Å². The fourth-order valence-corrected chi connectivity index (χ4v) is 5.30. The summed E-state index contributed by atoms with van der Waals surface area (Å²) in [5, 5.41) is 0. The van der Waals surface area contributed by atoms with E-state index in [1.165, 1.54) is 24.1 Å². The third kappa shape index (κ3) is 7.88. The molecule has 0 aliphatic heterocycles. The number of anilines is 1. The van der Waals surface area contributed by atoms with Crippen molar-refractivity contribution in [1.29, 1.82) is 0 Å².